The van der Waals surface area contributed by atoms with Gasteiger partial charge in [0.1, 0.15) is 11.9 Å². The highest BCUT2D eigenvalue weighted by atomic mass is 19.4. The Morgan fingerprint density at radius 1 is 1.29 bits per heavy atom. The maximum atomic E-state index is 13.0. The van der Waals surface area contributed by atoms with Crippen molar-refractivity contribution in [1.29, 1.82) is 0 Å². The molecule has 3 rings (SSSR count). The standard InChI is InChI=1S/C14H14F3N3O/c15-14(16,17)10-4-2-1-3-9(10)13(21)11-7-19-12-8-18-5-6-20(11)12/h1-4,7,13,18,21H,5-6,8H2. The van der Waals surface area contributed by atoms with E-state index in [1.807, 2.05) is 0 Å². The van der Waals surface area contributed by atoms with Crippen LogP contribution in [0.3, 0.4) is 0 Å². The molecule has 0 amide bonds. The first kappa shape index (κ1) is 14.1. The van der Waals surface area contributed by atoms with Crippen LogP contribution < -0.4 is 5.32 Å². The number of imidazole rings is 1. The van der Waals surface area contributed by atoms with Crippen molar-refractivity contribution < 1.29 is 18.3 Å². The number of rotatable bonds is 2. The fourth-order valence-electron chi connectivity index (χ4n) is 2.59. The van der Waals surface area contributed by atoms with Crippen molar-refractivity contribution in [1.82, 2.24) is 14.9 Å². The van der Waals surface area contributed by atoms with Crippen LogP contribution in [0.25, 0.3) is 0 Å². The number of aliphatic hydroxyl groups is 1. The normalized spacial score (nSPS) is 16.6. The Kier molecular flexibility index (Phi) is 3.46. The summed E-state index contributed by atoms with van der Waals surface area (Å²) >= 11 is 0. The van der Waals surface area contributed by atoms with E-state index in [2.05, 4.69) is 10.3 Å². The lowest BCUT2D eigenvalue weighted by Gasteiger charge is -2.22. The van der Waals surface area contributed by atoms with E-state index >= 15 is 0 Å². The molecule has 1 atom stereocenters. The van der Waals surface area contributed by atoms with Crippen LogP contribution in [0.2, 0.25) is 0 Å². The average molecular weight is 297 g/mol. The second-order valence-corrected chi connectivity index (χ2v) is 4.92. The van der Waals surface area contributed by atoms with Crippen LogP contribution in [-0.2, 0) is 19.3 Å². The van der Waals surface area contributed by atoms with Crippen molar-refractivity contribution in [2.75, 3.05) is 6.54 Å². The highest BCUT2D eigenvalue weighted by Crippen LogP contribution is 2.36. The van der Waals surface area contributed by atoms with Crippen molar-refractivity contribution in [3.63, 3.8) is 0 Å². The predicted molar refractivity (Wildman–Crippen MR) is 69.4 cm³/mol. The number of nitrogens with zero attached hydrogens (tertiary/aromatic N) is 2. The van der Waals surface area contributed by atoms with Crippen LogP contribution in [0.15, 0.2) is 30.5 Å². The Balaban J connectivity index is 2.03. The molecule has 21 heavy (non-hydrogen) atoms. The van der Waals surface area contributed by atoms with Gasteiger partial charge in [0.2, 0.25) is 0 Å². The number of fused-ring (bicyclic) bond motifs is 1. The first-order valence-electron chi connectivity index (χ1n) is 6.57. The number of hydrogen-bond acceptors (Lipinski definition) is 3. The van der Waals surface area contributed by atoms with Crippen LogP contribution in [0.1, 0.15) is 28.7 Å². The highest BCUT2D eigenvalue weighted by molar-refractivity contribution is 5.35. The zero-order valence-corrected chi connectivity index (χ0v) is 11.1. The number of alkyl halides is 3. The van der Waals surface area contributed by atoms with E-state index in [1.165, 1.54) is 24.4 Å². The van der Waals surface area contributed by atoms with E-state index < -0.39 is 17.8 Å². The van der Waals surface area contributed by atoms with Gasteiger partial charge >= 0.3 is 6.18 Å². The molecule has 0 saturated carbocycles. The lowest BCUT2D eigenvalue weighted by Crippen LogP contribution is -2.29. The number of aromatic nitrogens is 2. The van der Waals surface area contributed by atoms with E-state index in [0.717, 1.165) is 11.9 Å². The third kappa shape index (κ3) is 2.54. The van der Waals surface area contributed by atoms with E-state index in [1.54, 1.807) is 4.57 Å². The monoisotopic (exact) mass is 297 g/mol. The van der Waals surface area contributed by atoms with Crippen molar-refractivity contribution in [3.8, 4) is 0 Å². The van der Waals surface area contributed by atoms with Gasteiger partial charge in [-0.1, -0.05) is 18.2 Å². The highest BCUT2D eigenvalue weighted by Gasteiger charge is 2.35. The average Bonchev–Trinajstić information content (AvgIpc) is 2.89. The lowest BCUT2D eigenvalue weighted by molar-refractivity contribution is -0.139. The van der Waals surface area contributed by atoms with E-state index in [9.17, 15) is 18.3 Å². The molecule has 4 nitrogen and oxygen atoms in total. The number of aliphatic hydroxyl groups excluding tert-OH is 1. The number of benzene rings is 1. The molecular weight excluding hydrogens is 283 g/mol. The minimum atomic E-state index is -4.50. The van der Waals surface area contributed by atoms with Gasteiger partial charge < -0.3 is 15.0 Å². The van der Waals surface area contributed by atoms with Gasteiger partial charge in [0.25, 0.3) is 0 Å². The Morgan fingerprint density at radius 3 is 2.81 bits per heavy atom. The third-order valence-corrected chi connectivity index (χ3v) is 3.61. The van der Waals surface area contributed by atoms with Gasteiger partial charge in [0.15, 0.2) is 0 Å². The second kappa shape index (κ2) is 5.16. The van der Waals surface area contributed by atoms with Gasteiger partial charge in [-0.25, -0.2) is 4.98 Å². The van der Waals surface area contributed by atoms with Crippen LogP contribution in [0.4, 0.5) is 13.2 Å². The molecule has 0 aliphatic carbocycles. The summed E-state index contributed by atoms with van der Waals surface area (Å²) in [4.78, 5) is 4.15. The van der Waals surface area contributed by atoms with Gasteiger partial charge in [0.05, 0.1) is 24.0 Å². The maximum absolute atomic E-state index is 13.0. The molecule has 0 spiro atoms. The molecule has 1 aromatic heterocycles. The fourth-order valence-corrected chi connectivity index (χ4v) is 2.59. The van der Waals surface area contributed by atoms with Gasteiger partial charge in [0, 0.05) is 13.1 Å². The quantitative estimate of drug-likeness (QED) is 0.892. The molecule has 1 aliphatic rings. The molecule has 2 heterocycles. The summed E-state index contributed by atoms with van der Waals surface area (Å²) in [5, 5.41) is 13.5. The molecule has 1 aromatic carbocycles. The first-order valence-corrected chi connectivity index (χ1v) is 6.57. The van der Waals surface area contributed by atoms with Crippen molar-refractivity contribution in [3.05, 3.63) is 53.1 Å². The molecule has 7 heteroatoms. The van der Waals surface area contributed by atoms with Gasteiger partial charge in [-0.05, 0) is 11.6 Å². The number of halogens is 3. The molecule has 2 N–H and O–H groups in total. The molecular formula is C14H14F3N3O. The van der Waals surface area contributed by atoms with E-state index in [4.69, 9.17) is 0 Å². The zero-order chi connectivity index (χ0) is 15.0. The third-order valence-electron chi connectivity index (χ3n) is 3.61. The summed E-state index contributed by atoms with van der Waals surface area (Å²) in [7, 11) is 0. The van der Waals surface area contributed by atoms with E-state index in [0.29, 0.717) is 25.3 Å². The summed E-state index contributed by atoms with van der Waals surface area (Å²) < 4.78 is 40.9. The predicted octanol–water partition coefficient (Wildman–Crippen LogP) is 2.09. The van der Waals surface area contributed by atoms with Gasteiger partial charge in [-0.3, -0.25) is 0 Å². The van der Waals surface area contributed by atoms with Crippen LogP contribution in [0, 0.1) is 0 Å². The van der Waals surface area contributed by atoms with Gasteiger partial charge in [-0.2, -0.15) is 13.2 Å². The van der Waals surface area contributed by atoms with Crippen LogP contribution in [0.5, 0.6) is 0 Å². The Hall–Kier alpha value is -1.86. The Labute approximate surface area is 119 Å². The summed E-state index contributed by atoms with van der Waals surface area (Å²) in [6.07, 6.45) is -4.40. The minimum absolute atomic E-state index is 0.147. The Morgan fingerprint density at radius 2 is 2.05 bits per heavy atom. The van der Waals surface area contributed by atoms with Crippen molar-refractivity contribution in [2.24, 2.45) is 0 Å². The first-order chi connectivity index (χ1) is 9.98. The topological polar surface area (TPSA) is 50.1 Å². The largest absolute Gasteiger partial charge is 0.416 e. The summed E-state index contributed by atoms with van der Waals surface area (Å²) in [5.74, 6) is 0.722. The molecule has 112 valence electrons. The molecule has 2 aromatic rings. The van der Waals surface area contributed by atoms with E-state index in [-0.39, 0.29) is 5.56 Å². The maximum Gasteiger partial charge on any atom is 0.416 e. The smallest absolute Gasteiger partial charge is 0.382 e. The Bertz CT molecular complexity index is 651. The molecule has 0 bridgehead atoms. The minimum Gasteiger partial charge on any atom is -0.382 e. The number of nitrogens with one attached hydrogen (secondary N) is 1. The molecule has 0 radical (unpaired) electrons. The summed E-state index contributed by atoms with van der Waals surface area (Å²) in [6.45, 7) is 1.83. The molecule has 1 unspecified atom stereocenters. The summed E-state index contributed by atoms with van der Waals surface area (Å²) in [5.41, 5.74) is -0.573. The fraction of sp³-hybridized carbons (Fsp3) is 0.357. The molecule has 0 saturated heterocycles. The summed E-state index contributed by atoms with van der Waals surface area (Å²) in [6, 6.07) is 5.08. The van der Waals surface area contributed by atoms with Crippen LogP contribution >= 0.6 is 0 Å². The van der Waals surface area contributed by atoms with Crippen LogP contribution in [-0.4, -0.2) is 21.2 Å². The SMILES string of the molecule is OC(c1ccccc1C(F)(F)F)c1cnc2n1CCNC2. The van der Waals surface area contributed by atoms with Gasteiger partial charge in [-0.15, -0.1) is 0 Å². The lowest BCUT2D eigenvalue weighted by atomic mass is 10.00. The number of hydrogen-bond donors (Lipinski definition) is 2. The molecule has 1 aliphatic heterocycles. The second-order valence-electron chi connectivity index (χ2n) is 4.92. The van der Waals surface area contributed by atoms with Crippen molar-refractivity contribution >= 4 is 0 Å². The van der Waals surface area contributed by atoms with Crippen molar-refractivity contribution in [2.45, 2.75) is 25.4 Å². The molecule has 0 fully saturated rings. The zero-order valence-electron chi connectivity index (χ0n) is 11.1.